The first-order chi connectivity index (χ1) is 21.9. The maximum atomic E-state index is 15.4. The molecule has 4 bridgehead atoms. The van der Waals surface area contributed by atoms with E-state index < -0.39 is 26.6 Å². The van der Waals surface area contributed by atoms with E-state index in [1.54, 1.807) is 31.2 Å². The number of hydrogen-bond acceptors (Lipinski definition) is 7. The average molecular weight is 671 g/mol. The van der Waals surface area contributed by atoms with Crippen molar-refractivity contribution in [3.05, 3.63) is 69.5 Å². The monoisotopic (exact) mass is 670 g/mol. The van der Waals surface area contributed by atoms with Gasteiger partial charge in [-0.3, -0.25) is 9.59 Å². The Kier molecular flexibility index (Phi) is 7.90. The summed E-state index contributed by atoms with van der Waals surface area (Å²) in [6, 6.07) is 8.57. The zero-order valence-electron chi connectivity index (χ0n) is 26.4. The Balaban J connectivity index is 1.33. The van der Waals surface area contributed by atoms with Gasteiger partial charge in [-0.05, 0) is 104 Å². The molecule has 3 heterocycles. The summed E-state index contributed by atoms with van der Waals surface area (Å²) in [4.78, 5) is 28.0. The van der Waals surface area contributed by atoms with Gasteiger partial charge in [0.1, 0.15) is 17.7 Å². The van der Waals surface area contributed by atoms with Gasteiger partial charge in [0.25, 0.3) is 5.91 Å². The van der Waals surface area contributed by atoms with Crippen LogP contribution in [0.2, 0.25) is 5.02 Å². The Labute approximate surface area is 274 Å². The molecular weight excluding hydrogens is 631 g/mol. The minimum Gasteiger partial charge on any atom is -0.490 e. The molecule has 2 aromatic rings. The Morgan fingerprint density at radius 1 is 1.20 bits per heavy atom. The number of carbonyl (C=O) groups is 2. The van der Waals surface area contributed by atoms with Crippen LogP contribution >= 0.6 is 11.6 Å². The number of allylic oxidation sites excluding steroid dienone is 1. The van der Waals surface area contributed by atoms with E-state index in [4.69, 9.17) is 21.1 Å². The van der Waals surface area contributed by atoms with Gasteiger partial charge >= 0.3 is 5.97 Å². The highest BCUT2D eigenvalue weighted by Gasteiger charge is 2.48. The first-order valence-electron chi connectivity index (χ1n) is 16.3. The third-order valence-corrected chi connectivity index (χ3v) is 13.6. The van der Waals surface area contributed by atoms with Crippen molar-refractivity contribution in [1.82, 2.24) is 4.72 Å². The van der Waals surface area contributed by atoms with Crippen molar-refractivity contribution in [3.8, 4) is 5.75 Å². The second-order valence-electron chi connectivity index (χ2n) is 14.1. The van der Waals surface area contributed by atoms with Crippen LogP contribution in [-0.2, 0) is 31.4 Å². The molecule has 3 aliphatic carbocycles. The average Bonchev–Trinajstić information content (AvgIpc) is 3.12. The molecule has 1 N–H and O–H groups in total. The van der Waals surface area contributed by atoms with Crippen LogP contribution in [0.5, 0.6) is 5.75 Å². The van der Waals surface area contributed by atoms with Crippen LogP contribution in [0.3, 0.4) is 0 Å². The van der Waals surface area contributed by atoms with Gasteiger partial charge < -0.3 is 14.4 Å². The zero-order valence-corrected chi connectivity index (χ0v) is 27.9. The van der Waals surface area contributed by atoms with Gasteiger partial charge in [0.05, 0.1) is 22.6 Å². The van der Waals surface area contributed by atoms with Crippen molar-refractivity contribution in [3.63, 3.8) is 0 Å². The summed E-state index contributed by atoms with van der Waals surface area (Å²) in [6.45, 7) is 6.39. The number of nitrogens with one attached hydrogen (secondary N) is 1. The number of halogens is 2. The molecule has 2 aromatic carbocycles. The first kappa shape index (κ1) is 31.5. The lowest BCUT2D eigenvalue weighted by molar-refractivity contribution is -0.150. The Hall–Kier alpha value is -3.11. The van der Waals surface area contributed by atoms with Gasteiger partial charge in [-0.25, -0.2) is 17.5 Å². The normalized spacial score (nSPS) is 33.1. The number of hydrogen-bond donors (Lipinski definition) is 1. The molecule has 1 fully saturated rings. The highest BCUT2D eigenvalue weighted by atomic mass is 35.5. The standard InChI is InChI=1S/C35H40ClFN2O6S/c1-19-20(2)46(42,43)38-34(41)22-7-11-31-30(15-22)39(16-23-6-8-26(23)33(45-21(3)40)25-13-24(19)14-25)17-35(18-44-31)12-4-5-27-28(35)9-10-29(36)32(27)37/h7,9-11,13,15,19-20,23-24,26,33H,4-6,8,12,14,16-18H2,1-3H3,(H,38,41)/t19-,20-,23+,24+,26-,33+,35+/m1/s1. The minimum atomic E-state index is -4.00. The fourth-order valence-corrected chi connectivity index (χ4v) is 9.89. The molecule has 1 amide bonds. The lowest BCUT2D eigenvalue weighted by Gasteiger charge is -2.48. The third kappa shape index (κ3) is 5.29. The van der Waals surface area contributed by atoms with Crippen molar-refractivity contribution in [1.29, 1.82) is 0 Å². The van der Waals surface area contributed by atoms with E-state index in [0.717, 1.165) is 36.8 Å². The fraction of sp³-hybridized carbons (Fsp3) is 0.543. The number of amides is 1. The Morgan fingerprint density at radius 2 is 1.98 bits per heavy atom. The highest BCUT2D eigenvalue weighted by molar-refractivity contribution is 7.90. The van der Waals surface area contributed by atoms with Gasteiger partial charge in [-0.1, -0.05) is 30.7 Å². The summed E-state index contributed by atoms with van der Waals surface area (Å²) in [5.41, 5.74) is 2.92. The van der Waals surface area contributed by atoms with Crippen LogP contribution < -0.4 is 14.4 Å². The van der Waals surface area contributed by atoms with E-state index >= 15 is 4.39 Å². The van der Waals surface area contributed by atoms with Crippen molar-refractivity contribution in [2.75, 3.05) is 24.6 Å². The van der Waals surface area contributed by atoms with Crippen molar-refractivity contribution < 1.29 is 31.9 Å². The lowest BCUT2D eigenvalue weighted by atomic mass is 9.64. The third-order valence-electron chi connectivity index (χ3n) is 11.4. The SMILES string of the molecule is CC(=O)O[C@H]1C2=C[C@@H](C2)[C@H](C)[C@@H](C)S(=O)(=O)NC(=O)c2ccc3c(c2)N(C[C@@H]2CC[C@H]21)C[C@@]1(CCCc2c1ccc(Cl)c2F)CO3. The van der Waals surface area contributed by atoms with Gasteiger partial charge in [0.15, 0.2) is 0 Å². The van der Waals surface area contributed by atoms with E-state index in [-0.39, 0.29) is 52.1 Å². The maximum Gasteiger partial charge on any atom is 0.303 e. The second kappa shape index (κ2) is 11.5. The first-order valence-corrected chi connectivity index (χ1v) is 18.2. The lowest BCUT2D eigenvalue weighted by Crippen LogP contribution is -2.51. The fourth-order valence-electron chi connectivity index (χ4n) is 8.38. The number of ether oxygens (including phenoxy) is 2. The topological polar surface area (TPSA) is 102 Å². The zero-order chi connectivity index (χ0) is 32.5. The van der Waals surface area contributed by atoms with Gasteiger partial charge in [-0.2, -0.15) is 0 Å². The molecule has 3 aliphatic heterocycles. The number of fused-ring (bicyclic) bond motifs is 6. The Bertz CT molecular complexity index is 1750. The van der Waals surface area contributed by atoms with E-state index in [1.165, 1.54) is 6.92 Å². The van der Waals surface area contributed by atoms with E-state index in [1.807, 2.05) is 13.0 Å². The quantitative estimate of drug-likeness (QED) is 0.295. The summed E-state index contributed by atoms with van der Waals surface area (Å²) < 4.78 is 57.0. The molecule has 6 aliphatic rings. The molecule has 0 saturated heterocycles. The number of sulfonamides is 1. The van der Waals surface area contributed by atoms with Gasteiger partial charge in [-0.15, -0.1) is 0 Å². The van der Waals surface area contributed by atoms with E-state index in [0.29, 0.717) is 49.5 Å². The molecule has 1 saturated carbocycles. The molecule has 8 rings (SSSR count). The summed E-state index contributed by atoms with van der Waals surface area (Å²) in [6.07, 6.45) is 6.35. The molecule has 7 atom stereocenters. The summed E-state index contributed by atoms with van der Waals surface area (Å²) in [5.74, 6) is -0.779. The molecule has 246 valence electrons. The van der Waals surface area contributed by atoms with E-state index in [2.05, 4.69) is 15.7 Å². The number of esters is 1. The van der Waals surface area contributed by atoms with Crippen molar-refractivity contribution in [2.24, 2.45) is 23.7 Å². The molecule has 8 nitrogen and oxygen atoms in total. The van der Waals surface area contributed by atoms with Crippen molar-refractivity contribution >= 4 is 39.2 Å². The number of nitrogens with zero attached hydrogens (tertiary/aromatic N) is 1. The van der Waals surface area contributed by atoms with Gasteiger partial charge in [0, 0.05) is 36.9 Å². The molecule has 0 unspecified atom stereocenters. The van der Waals surface area contributed by atoms with Crippen LogP contribution in [0.1, 0.15) is 74.4 Å². The minimum absolute atomic E-state index is 0.00469. The summed E-state index contributed by atoms with van der Waals surface area (Å²) in [5, 5.41) is -0.717. The predicted octanol–water partition coefficient (Wildman–Crippen LogP) is 5.95. The van der Waals surface area contributed by atoms with Crippen LogP contribution in [-0.4, -0.2) is 51.3 Å². The number of rotatable bonds is 1. The molecule has 0 aromatic heterocycles. The smallest absolute Gasteiger partial charge is 0.303 e. The number of benzene rings is 2. The van der Waals surface area contributed by atoms with Crippen LogP contribution in [0.25, 0.3) is 0 Å². The van der Waals surface area contributed by atoms with Crippen LogP contribution in [0, 0.1) is 29.5 Å². The summed E-state index contributed by atoms with van der Waals surface area (Å²) in [7, 11) is -4.00. The molecular formula is C35H40ClFN2O6S. The Morgan fingerprint density at radius 3 is 2.70 bits per heavy atom. The number of carbonyl (C=O) groups excluding carboxylic acids is 2. The molecule has 46 heavy (non-hydrogen) atoms. The van der Waals surface area contributed by atoms with Crippen molar-refractivity contribution in [2.45, 2.75) is 76.1 Å². The molecule has 0 radical (unpaired) electrons. The predicted molar refractivity (Wildman–Crippen MR) is 173 cm³/mol. The molecule has 1 spiro atoms. The van der Waals surface area contributed by atoms with Crippen LogP contribution in [0.15, 0.2) is 42.0 Å². The highest BCUT2D eigenvalue weighted by Crippen LogP contribution is 2.50. The maximum absolute atomic E-state index is 15.4. The summed E-state index contributed by atoms with van der Waals surface area (Å²) >= 11 is 6.21. The van der Waals surface area contributed by atoms with Crippen LogP contribution in [0.4, 0.5) is 10.1 Å². The van der Waals surface area contributed by atoms with Gasteiger partial charge in [0.2, 0.25) is 10.0 Å². The molecule has 11 heteroatoms. The second-order valence-corrected chi connectivity index (χ2v) is 16.5. The largest absolute Gasteiger partial charge is 0.490 e. The number of anilines is 1. The van der Waals surface area contributed by atoms with E-state index in [9.17, 15) is 18.0 Å².